The summed E-state index contributed by atoms with van der Waals surface area (Å²) in [5.41, 5.74) is 1.22. The fraction of sp³-hybridized carbons (Fsp3) is 0.571. The standard InChI is InChI=1S/C14H20N2O3/c1-2-11-7-10(13(18)19)8-12(16-11)15-9-14(3-4-14)5-6-17/h7-8,17H,2-6,9H2,1H3,(H,15,16)(H,18,19). The van der Waals surface area contributed by atoms with Gasteiger partial charge in [-0.2, -0.15) is 0 Å². The predicted octanol–water partition coefficient (Wildman–Crippen LogP) is 1.92. The number of carbonyl (C=O) groups is 1. The molecule has 1 fully saturated rings. The van der Waals surface area contributed by atoms with E-state index in [9.17, 15) is 4.79 Å². The summed E-state index contributed by atoms with van der Waals surface area (Å²) in [6, 6.07) is 3.17. The normalized spacial score (nSPS) is 16.1. The van der Waals surface area contributed by atoms with Crippen LogP contribution in [0.2, 0.25) is 0 Å². The van der Waals surface area contributed by atoms with Crippen molar-refractivity contribution in [2.24, 2.45) is 5.41 Å². The van der Waals surface area contributed by atoms with Crippen LogP contribution in [0.25, 0.3) is 0 Å². The average Bonchev–Trinajstić information content (AvgIpc) is 3.17. The number of hydrogen-bond acceptors (Lipinski definition) is 4. The van der Waals surface area contributed by atoms with Gasteiger partial charge < -0.3 is 15.5 Å². The number of aromatic nitrogens is 1. The maximum absolute atomic E-state index is 11.0. The summed E-state index contributed by atoms with van der Waals surface area (Å²) in [5, 5.41) is 21.3. The number of aryl methyl sites for hydroxylation is 1. The summed E-state index contributed by atoms with van der Waals surface area (Å²) in [7, 11) is 0. The number of pyridine rings is 1. The molecule has 1 saturated carbocycles. The molecule has 5 nitrogen and oxygen atoms in total. The van der Waals surface area contributed by atoms with E-state index in [1.807, 2.05) is 6.92 Å². The summed E-state index contributed by atoms with van der Waals surface area (Å²) in [6.45, 7) is 2.89. The van der Waals surface area contributed by atoms with E-state index in [2.05, 4.69) is 10.3 Å². The number of nitrogens with one attached hydrogen (secondary N) is 1. The molecule has 0 spiro atoms. The molecular weight excluding hydrogens is 244 g/mol. The second kappa shape index (κ2) is 5.57. The van der Waals surface area contributed by atoms with E-state index in [1.165, 1.54) is 0 Å². The van der Waals surface area contributed by atoms with Crippen LogP contribution in [0.3, 0.4) is 0 Å². The van der Waals surface area contributed by atoms with Crippen LogP contribution in [0.5, 0.6) is 0 Å². The van der Waals surface area contributed by atoms with Crippen LogP contribution in [-0.4, -0.2) is 34.3 Å². The molecule has 0 radical (unpaired) electrons. The Balaban J connectivity index is 2.07. The first kappa shape index (κ1) is 13.8. The Morgan fingerprint density at radius 1 is 1.47 bits per heavy atom. The lowest BCUT2D eigenvalue weighted by molar-refractivity contribution is 0.0696. The third kappa shape index (κ3) is 3.44. The molecule has 0 unspecified atom stereocenters. The summed E-state index contributed by atoms with van der Waals surface area (Å²) in [5.74, 6) is -0.322. The Hall–Kier alpha value is -1.62. The van der Waals surface area contributed by atoms with Gasteiger partial charge >= 0.3 is 5.97 Å². The molecule has 0 bridgehead atoms. The van der Waals surface area contributed by atoms with Crippen LogP contribution >= 0.6 is 0 Å². The van der Waals surface area contributed by atoms with Gasteiger partial charge in [-0.25, -0.2) is 9.78 Å². The lowest BCUT2D eigenvalue weighted by atomic mass is 10.0. The number of aromatic carboxylic acids is 1. The van der Waals surface area contributed by atoms with Crippen LogP contribution in [-0.2, 0) is 6.42 Å². The maximum Gasteiger partial charge on any atom is 0.335 e. The molecule has 5 heteroatoms. The van der Waals surface area contributed by atoms with Crippen LogP contribution in [0.15, 0.2) is 12.1 Å². The zero-order chi connectivity index (χ0) is 13.9. The zero-order valence-electron chi connectivity index (χ0n) is 11.1. The van der Waals surface area contributed by atoms with Crippen LogP contribution in [0.1, 0.15) is 42.2 Å². The number of carboxylic acids is 1. The van der Waals surface area contributed by atoms with E-state index < -0.39 is 5.97 Å². The van der Waals surface area contributed by atoms with Crippen molar-refractivity contribution in [3.63, 3.8) is 0 Å². The van der Waals surface area contributed by atoms with E-state index in [0.717, 1.165) is 31.5 Å². The second-order valence-corrected chi connectivity index (χ2v) is 5.22. The number of rotatable bonds is 7. The van der Waals surface area contributed by atoms with Gasteiger partial charge in [-0.15, -0.1) is 0 Å². The minimum absolute atomic E-state index is 0.183. The maximum atomic E-state index is 11.0. The lowest BCUT2D eigenvalue weighted by Crippen LogP contribution is -2.18. The number of anilines is 1. The largest absolute Gasteiger partial charge is 0.478 e. The summed E-state index contributed by atoms with van der Waals surface area (Å²) < 4.78 is 0. The van der Waals surface area contributed by atoms with Gasteiger partial charge in [0.25, 0.3) is 0 Å². The first-order valence-corrected chi connectivity index (χ1v) is 6.67. The smallest absolute Gasteiger partial charge is 0.335 e. The van der Waals surface area contributed by atoms with Crippen molar-refractivity contribution in [1.29, 1.82) is 0 Å². The number of aliphatic hydroxyl groups excluding tert-OH is 1. The van der Waals surface area contributed by atoms with Crippen molar-refractivity contribution in [3.8, 4) is 0 Å². The molecule has 1 aliphatic carbocycles. The van der Waals surface area contributed by atoms with Gasteiger partial charge in [0.1, 0.15) is 5.82 Å². The molecular formula is C14H20N2O3. The van der Waals surface area contributed by atoms with Gasteiger partial charge in [0.15, 0.2) is 0 Å². The van der Waals surface area contributed by atoms with Gasteiger partial charge in [-0.3, -0.25) is 0 Å². The molecule has 1 aromatic rings. The molecule has 0 saturated heterocycles. The number of nitrogens with zero attached hydrogens (tertiary/aromatic N) is 1. The Bertz CT molecular complexity index is 470. The molecule has 0 aliphatic heterocycles. The van der Waals surface area contributed by atoms with Crippen molar-refractivity contribution in [1.82, 2.24) is 4.98 Å². The monoisotopic (exact) mass is 264 g/mol. The molecule has 3 N–H and O–H groups in total. The van der Waals surface area contributed by atoms with E-state index in [-0.39, 0.29) is 17.6 Å². The molecule has 0 aromatic carbocycles. The Labute approximate surface area is 112 Å². The molecule has 0 atom stereocenters. The first-order chi connectivity index (χ1) is 9.08. The summed E-state index contributed by atoms with van der Waals surface area (Å²) >= 11 is 0. The predicted molar refractivity (Wildman–Crippen MR) is 72.4 cm³/mol. The average molecular weight is 264 g/mol. The topological polar surface area (TPSA) is 82.5 Å². The second-order valence-electron chi connectivity index (χ2n) is 5.22. The van der Waals surface area contributed by atoms with Crippen molar-refractivity contribution < 1.29 is 15.0 Å². The molecule has 1 aliphatic rings. The minimum atomic E-state index is -0.934. The molecule has 1 heterocycles. The van der Waals surface area contributed by atoms with Gasteiger partial charge in [0.2, 0.25) is 0 Å². The number of hydrogen-bond donors (Lipinski definition) is 3. The van der Waals surface area contributed by atoms with Crippen LogP contribution < -0.4 is 5.32 Å². The molecule has 2 rings (SSSR count). The van der Waals surface area contributed by atoms with Crippen molar-refractivity contribution in [3.05, 3.63) is 23.4 Å². The van der Waals surface area contributed by atoms with E-state index in [1.54, 1.807) is 12.1 Å². The van der Waals surface area contributed by atoms with Crippen molar-refractivity contribution >= 4 is 11.8 Å². The molecule has 19 heavy (non-hydrogen) atoms. The highest BCUT2D eigenvalue weighted by Crippen LogP contribution is 2.48. The highest BCUT2D eigenvalue weighted by atomic mass is 16.4. The Morgan fingerprint density at radius 2 is 2.21 bits per heavy atom. The van der Waals surface area contributed by atoms with Crippen molar-refractivity contribution in [2.45, 2.75) is 32.6 Å². The molecule has 0 amide bonds. The van der Waals surface area contributed by atoms with Crippen molar-refractivity contribution in [2.75, 3.05) is 18.5 Å². The third-order valence-electron chi connectivity index (χ3n) is 3.73. The molecule has 1 aromatic heterocycles. The highest BCUT2D eigenvalue weighted by molar-refractivity contribution is 5.88. The molecule has 104 valence electrons. The number of carboxylic acid groups (broad SMARTS) is 1. The fourth-order valence-corrected chi connectivity index (χ4v) is 2.19. The SMILES string of the molecule is CCc1cc(C(=O)O)cc(NCC2(CCO)CC2)n1. The summed E-state index contributed by atoms with van der Waals surface area (Å²) in [4.78, 5) is 15.4. The van der Waals surface area contributed by atoms with Gasteiger partial charge in [-0.05, 0) is 43.2 Å². The first-order valence-electron chi connectivity index (χ1n) is 6.67. The minimum Gasteiger partial charge on any atom is -0.478 e. The lowest BCUT2D eigenvalue weighted by Gasteiger charge is -2.15. The quantitative estimate of drug-likeness (QED) is 0.701. The van der Waals surface area contributed by atoms with Gasteiger partial charge in [0, 0.05) is 18.8 Å². The highest BCUT2D eigenvalue weighted by Gasteiger charge is 2.41. The van der Waals surface area contributed by atoms with Crippen LogP contribution in [0, 0.1) is 5.41 Å². The van der Waals surface area contributed by atoms with Crippen LogP contribution in [0.4, 0.5) is 5.82 Å². The summed E-state index contributed by atoms with van der Waals surface area (Å²) in [6.07, 6.45) is 3.72. The fourth-order valence-electron chi connectivity index (χ4n) is 2.19. The van der Waals surface area contributed by atoms with E-state index >= 15 is 0 Å². The van der Waals surface area contributed by atoms with Gasteiger partial charge in [-0.1, -0.05) is 6.92 Å². The zero-order valence-corrected chi connectivity index (χ0v) is 11.1. The third-order valence-corrected chi connectivity index (χ3v) is 3.73. The number of aliphatic hydroxyl groups is 1. The van der Waals surface area contributed by atoms with Gasteiger partial charge in [0.05, 0.1) is 5.56 Å². The van der Waals surface area contributed by atoms with E-state index in [4.69, 9.17) is 10.2 Å². The Kier molecular flexibility index (Phi) is 4.04. The van der Waals surface area contributed by atoms with E-state index in [0.29, 0.717) is 12.2 Å². The Morgan fingerprint density at radius 3 is 2.74 bits per heavy atom.